The number of thioether (sulfide) groups is 1. The minimum absolute atomic E-state index is 0.0271. The average molecular weight is 499 g/mol. The molecule has 9 heteroatoms. The van der Waals surface area contributed by atoms with Crippen LogP contribution >= 0.6 is 11.8 Å². The van der Waals surface area contributed by atoms with Crippen LogP contribution in [0.1, 0.15) is 11.1 Å². The number of nitrogens with zero attached hydrogens (tertiary/aromatic N) is 3. The molecule has 0 bridgehead atoms. The number of hydrazone groups is 1. The van der Waals surface area contributed by atoms with Crippen molar-refractivity contribution in [2.24, 2.45) is 10.1 Å². The number of hydrogen-bond acceptors (Lipinski definition) is 7. The Morgan fingerprint density at radius 1 is 0.944 bits per heavy atom. The highest BCUT2D eigenvalue weighted by Crippen LogP contribution is 2.32. The maximum atomic E-state index is 12.8. The topological polar surface area (TPSA) is 96.6 Å². The third-order valence-corrected chi connectivity index (χ3v) is 6.28. The van der Waals surface area contributed by atoms with Crippen molar-refractivity contribution in [2.75, 3.05) is 20.3 Å². The fraction of sp³-hybridized carbons (Fsp3) is 0.111. The molecule has 2 heterocycles. The van der Waals surface area contributed by atoms with Gasteiger partial charge in [-0.15, -0.1) is 0 Å². The SMILES string of the molecule is COc1cc(/C=C2/C(=N)N3N=C(c4ccccc4)SC3=NC2=O)ccc1OCCOc1ccccc1. The van der Waals surface area contributed by atoms with Crippen molar-refractivity contribution in [3.05, 3.63) is 95.6 Å². The standard InChI is InChI=1S/C27H22N4O4S/c1-33-23-17-18(12-13-22(23)35-15-14-34-20-10-6-3-7-11-20)16-21-24(28)31-27(29-25(21)32)36-26(30-31)19-8-4-2-5-9-19/h2-13,16-17,28H,14-15H2,1H3/b21-16-,28-24?. The first-order valence-corrected chi connectivity index (χ1v) is 12.0. The fourth-order valence-corrected chi connectivity index (χ4v) is 4.47. The summed E-state index contributed by atoms with van der Waals surface area (Å²) in [6, 6.07) is 24.4. The lowest BCUT2D eigenvalue weighted by Crippen LogP contribution is -2.35. The molecule has 5 rings (SSSR count). The molecule has 3 aromatic rings. The Hall–Kier alpha value is -4.37. The lowest BCUT2D eigenvalue weighted by Gasteiger charge is -2.20. The molecule has 1 N–H and O–H groups in total. The number of hydrogen-bond donors (Lipinski definition) is 1. The first-order valence-electron chi connectivity index (χ1n) is 11.2. The van der Waals surface area contributed by atoms with Crippen LogP contribution in [0.3, 0.4) is 0 Å². The molecule has 0 fully saturated rings. The number of amidine groups is 2. The van der Waals surface area contributed by atoms with Crippen LogP contribution < -0.4 is 14.2 Å². The average Bonchev–Trinajstić information content (AvgIpc) is 3.35. The van der Waals surface area contributed by atoms with E-state index in [4.69, 9.17) is 19.6 Å². The summed E-state index contributed by atoms with van der Waals surface area (Å²) in [6.45, 7) is 0.713. The van der Waals surface area contributed by atoms with Crippen LogP contribution in [0.5, 0.6) is 17.2 Å². The molecule has 180 valence electrons. The van der Waals surface area contributed by atoms with Gasteiger partial charge in [0.1, 0.15) is 24.0 Å². The number of fused-ring (bicyclic) bond motifs is 1. The monoisotopic (exact) mass is 498 g/mol. The van der Waals surface area contributed by atoms with Gasteiger partial charge in [-0.1, -0.05) is 54.6 Å². The van der Waals surface area contributed by atoms with Crippen molar-refractivity contribution in [2.45, 2.75) is 0 Å². The molecule has 36 heavy (non-hydrogen) atoms. The number of methoxy groups -OCH3 is 1. The molecule has 0 saturated carbocycles. The summed E-state index contributed by atoms with van der Waals surface area (Å²) in [5.74, 6) is 1.32. The number of nitrogens with one attached hydrogen (secondary N) is 1. The van der Waals surface area contributed by atoms with Gasteiger partial charge in [-0.3, -0.25) is 10.2 Å². The summed E-state index contributed by atoms with van der Waals surface area (Å²) >= 11 is 1.27. The Kier molecular flexibility index (Phi) is 6.81. The van der Waals surface area contributed by atoms with E-state index in [1.165, 1.54) is 16.8 Å². The van der Waals surface area contributed by atoms with Gasteiger partial charge in [-0.2, -0.15) is 15.1 Å². The Morgan fingerprint density at radius 3 is 2.42 bits per heavy atom. The number of aliphatic imine (C=N–C) groups is 1. The minimum Gasteiger partial charge on any atom is -0.493 e. The number of carbonyl (C=O) groups is 1. The van der Waals surface area contributed by atoms with Crippen LogP contribution in [0.15, 0.2) is 94.5 Å². The second-order valence-corrected chi connectivity index (χ2v) is 8.67. The van der Waals surface area contributed by atoms with Crippen molar-refractivity contribution in [3.63, 3.8) is 0 Å². The molecule has 0 radical (unpaired) electrons. The molecule has 2 aliphatic rings. The third-order valence-electron chi connectivity index (χ3n) is 5.33. The van der Waals surface area contributed by atoms with E-state index in [9.17, 15) is 4.79 Å². The number of carbonyl (C=O) groups excluding carboxylic acids is 1. The molecule has 8 nitrogen and oxygen atoms in total. The van der Waals surface area contributed by atoms with E-state index in [-0.39, 0.29) is 11.4 Å². The molecule has 0 atom stereocenters. The van der Waals surface area contributed by atoms with Crippen LogP contribution in [0.2, 0.25) is 0 Å². The van der Waals surface area contributed by atoms with Gasteiger partial charge in [0.15, 0.2) is 17.3 Å². The smallest absolute Gasteiger partial charge is 0.283 e. The highest BCUT2D eigenvalue weighted by molar-refractivity contribution is 8.27. The van der Waals surface area contributed by atoms with Gasteiger partial charge >= 0.3 is 0 Å². The zero-order valence-corrected chi connectivity index (χ0v) is 20.2. The van der Waals surface area contributed by atoms with E-state index in [2.05, 4.69) is 10.1 Å². The molecule has 0 aromatic heterocycles. The minimum atomic E-state index is -0.486. The van der Waals surface area contributed by atoms with Gasteiger partial charge < -0.3 is 14.2 Å². The van der Waals surface area contributed by atoms with Crippen LogP contribution in [-0.4, -0.2) is 47.3 Å². The normalized spacial score (nSPS) is 15.9. The molecule has 0 saturated heterocycles. The lowest BCUT2D eigenvalue weighted by molar-refractivity contribution is -0.114. The van der Waals surface area contributed by atoms with Crippen molar-refractivity contribution >= 4 is 39.8 Å². The highest BCUT2D eigenvalue weighted by Gasteiger charge is 2.36. The van der Waals surface area contributed by atoms with Gasteiger partial charge in [-0.05, 0) is 47.7 Å². The summed E-state index contributed by atoms with van der Waals surface area (Å²) in [5, 5.41) is 15.6. The van der Waals surface area contributed by atoms with E-state index < -0.39 is 5.91 Å². The predicted molar refractivity (Wildman–Crippen MR) is 141 cm³/mol. The molecule has 0 aliphatic carbocycles. The summed E-state index contributed by atoms with van der Waals surface area (Å²) in [6.07, 6.45) is 1.61. The van der Waals surface area contributed by atoms with Gasteiger partial charge in [-0.25, -0.2) is 0 Å². The van der Waals surface area contributed by atoms with Crippen LogP contribution in [0, 0.1) is 5.41 Å². The highest BCUT2D eigenvalue weighted by atomic mass is 32.2. The zero-order chi connectivity index (χ0) is 24.9. The quantitative estimate of drug-likeness (QED) is 0.353. The first-order chi connectivity index (χ1) is 17.6. The maximum absolute atomic E-state index is 12.8. The van der Waals surface area contributed by atoms with Gasteiger partial charge in [0.05, 0.1) is 12.7 Å². The van der Waals surface area contributed by atoms with Crippen LogP contribution in [0.25, 0.3) is 6.08 Å². The third kappa shape index (κ3) is 5.01. The van der Waals surface area contributed by atoms with Crippen molar-refractivity contribution in [1.29, 1.82) is 5.41 Å². The van der Waals surface area contributed by atoms with Crippen molar-refractivity contribution < 1.29 is 19.0 Å². The number of ether oxygens (including phenoxy) is 3. The summed E-state index contributed by atoms with van der Waals surface area (Å²) in [7, 11) is 1.55. The Balaban J connectivity index is 1.29. The van der Waals surface area contributed by atoms with E-state index in [0.717, 1.165) is 11.3 Å². The second kappa shape index (κ2) is 10.5. The van der Waals surface area contributed by atoms with Gasteiger partial charge in [0, 0.05) is 5.56 Å². The summed E-state index contributed by atoms with van der Waals surface area (Å²) in [5.41, 5.74) is 1.72. The van der Waals surface area contributed by atoms with E-state index >= 15 is 0 Å². The molecular weight excluding hydrogens is 476 g/mol. The van der Waals surface area contributed by atoms with E-state index in [1.54, 1.807) is 31.4 Å². The Bertz CT molecular complexity index is 1390. The summed E-state index contributed by atoms with van der Waals surface area (Å²) < 4.78 is 17.0. The zero-order valence-electron chi connectivity index (χ0n) is 19.4. The van der Waals surface area contributed by atoms with E-state index in [0.29, 0.717) is 40.5 Å². The maximum Gasteiger partial charge on any atom is 0.283 e. The molecule has 2 aliphatic heterocycles. The molecule has 1 amide bonds. The molecule has 3 aromatic carbocycles. The number of amides is 1. The van der Waals surface area contributed by atoms with Gasteiger partial charge in [0.2, 0.25) is 5.17 Å². The molecule has 0 spiro atoms. The largest absolute Gasteiger partial charge is 0.493 e. The Labute approximate surface area is 212 Å². The number of rotatable bonds is 8. The van der Waals surface area contributed by atoms with Crippen LogP contribution in [-0.2, 0) is 4.79 Å². The fourth-order valence-electron chi connectivity index (χ4n) is 3.58. The first kappa shape index (κ1) is 23.4. The Morgan fingerprint density at radius 2 is 1.67 bits per heavy atom. The predicted octanol–water partition coefficient (Wildman–Crippen LogP) is 4.82. The lowest BCUT2D eigenvalue weighted by atomic mass is 10.1. The number of para-hydroxylation sites is 1. The van der Waals surface area contributed by atoms with Crippen LogP contribution in [0.4, 0.5) is 0 Å². The van der Waals surface area contributed by atoms with E-state index in [1.807, 2.05) is 60.7 Å². The summed E-state index contributed by atoms with van der Waals surface area (Å²) in [4.78, 5) is 16.9. The second-order valence-electron chi connectivity index (χ2n) is 7.71. The molecular formula is C27H22N4O4S. The van der Waals surface area contributed by atoms with Gasteiger partial charge in [0.25, 0.3) is 5.91 Å². The number of benzene rings is 3. The van der Waals surface area contributed by atoms with Crippen molar-refractivity contribution in [1.82, 2.24) is 5.01 Å². The van der Waals surface area contributed by atoms with Crippen molar-refractivity contribution in [3.8, 4) is 17.2 Å². The molecule has 0 unspecified atom stereocenters.